The lowest BCUT2D eigenvalue weighted by atomic mass is 10.0. The lowest BCUT2D eigenvalue weighted by molar-refractivity contribution is -0.121. The van der Waals surface area contributed by atoms with Crippen LogP contribution in [-0.4, -0.2) is 24.7 Å². The van der Waals surface area contributed by atoms with Crippen LogP contribution in [0.4, 0.5) is 0 Å². The van der Waals surface area contributed by atoms with E-state index < -0.39 is 0 Å². The number of benzene rings is 2. The summed E-state index contributed by atoms with van der Waals surface area (Å²) < 4.78 is 12.6. The lowest BCUT2D eigenvalue weighted by Gasteiger charge is -2.20. The number of carbonyl (C=O) groups excluding carboxylic acids is 1. The fourth-order valence-corrected chi connectivity index (χ4v) is 3.07. The second kappa shape index (κ2) is 8.94. The van der Waals surface area contributed by atoms with Crippen LogP contribution in [0.1, 0.15) is 23.6 Å². The highest BCUT2D eigenvalue weighted by Crippen LogP contribution is 2.25. The number of ether oxygens (including phenoxy) is 2. The number of amides is 1. The molecule has 5 nitrogen and oxygen atoms in total. The van der Waals surface area contributed by atoms with Crippen LogP contribution >= 0.6 is 0 Å². The summed E-state index contributed by atoms with van der Waals surface area (Å²) in [5.41, 5.74) is 2.01. The summed E-state index contributed by atoms with van der Waals surface area (Å²) in [6.45, 7) is 0.434. The van der Waals surface area contributed by atoms with E-state index in [1.54, 1.807) is 14.2 Å². The molecular formula is C22H24N2O3. The molecule has 1 N–H and O–H groups in total. The van der Waals surface area contributed by atoms with E-state index in [4.69, 9.17) is 9.47 Å². The molecular weight excluding hydrogens is 340 g/mol. The first-order valence-electron chi connectivity index (χ1n) is 8.86. The van der Waals surface area contributed by atoms with E-state index in [1.807, 2.05) is 77.6 Å². The van der Waals surface area contributed by atoms with Gasteiger partial charge in [0.05, 0.1) is 26.7 Å². The van der Waals surface area contributed by atoms with Crippen LogP contribution in [0.15, 0.2) is 73.1 Å². The highest BCUT2D eigenvalue weighted by atomic mass is 16.5. The van der Waals surface area contributed by atoms with Crippen LogP contribution in [0.2, 0.25) is 0 Å². The fraction of sp³-hybridized carbons (Fsp3) is 0.227. The van der Waals surface area contributed by atoms with E-state index in [1.165, 1.54) is 0 Å². The van der Waals surface area contributed by atoms with Gasteiger partial charge in [-0.05, 0) is 35.9 Å². The Morgan fingerprint density at radius 2 is 1.67 bits per heavy atom. The Labute approximate surface area is 159 Å². The van der Waals surface area contributed by atoms with Crippen molar-refractivity contribution < 1.29 is 14.3 Å². The van der Waals surface area contributed by atoms with E-state index in [-0.39, 0.29) is 11.9 Å². The van der Waals surface area contributed by atoms with Crippen molar-refractivity contribution in [2.24, 2.45) is 0 Å². The zero-order valence-corrected chi connectivity index (χ0v) is 15.6. The number of nitrogens with one attached hydrogen (secondary N) is 1. The van der Waals surface area contributed by atoms with Crippen molar-refractivity contribution in [3.8, 4) is 11.5 Å². The van der Waals surface area contributed by atoms with Crippen molar-refractivity contribution in [3.63, 3.8) is 0 Å². The first-order valence-corrected chi connectivity index (χ1v) is 8.86. The average Bonchev–Trinajstić information content (AvgIpc) is 3.25. The second-order valence-corrected chi connectivity index (χ2v) is 6.21. The molecule has 27 heavy (non-hydrogen) atoms. The molecule has 0 spiro atoms. The topological polar surface area (TPSA) is 52.5 Å². The normalized spacial score (nSPS) is 11.6. The number of rotatable bonds is 8. The minimum absolute atomic E-state index is 0.0181. The Balaban J connectivity index is 1.71. The van der Waals surface area contributed by atoms with Gasteiger partial charge in [-0.25, -0.2) is 0 Å². The zero-order chi connectivity index (χ0) is 19.1. The highest BCUT2D eigenvalue weighted by Gasteiger charge is 2.17. The van der Waals surface area contributed by atoms with Crippen LogP contribution in [0.3, 0.4) is 0 Å². The number of nitrogens with zero attached hydrogens (tertiary/aromatic N) is 1. The van der Waals surface area contributed by atoms with Gasteiger partial charge in [-0.3, -0.25) is 4.79 Å². The molecule has 1 aromatic heterocycles. The summed E-state index contributed by atoms with van der Waals surface area (Å²) >= 11 is 0. The van der Waals surface area contributed by atoms with Crippen molar-refractivity contribution in [2.75, 3.05) is 14.2 Å². The van der Waals surface area contributed by atoms with Gasteiger partial charge in [-0.2, -0.15) is 0 Å². The minimum atomic E-state index is -0.0800. The van der Waals surface area contributed by atoms with Crippen molar-refractivity contribution in [1.82, 2.24) is 9.88 Å². The Kier molecular flexibility index (Phi) is 6.15. The smallest absolute Gasteiger partial charge is 0.222 e. The fourth-order valence-electron chi connectivity index (χ4n) is 3.07. The van der Waals surface area contributed by atoms with E-state index in [0.29, 0.717) is 13.0 Å². The van der Waals surface area contributed by atoms with Crippen LogP contribution < -0.4 is 14.8 Å². The molecule has 1 heterocycles. The maximum atomic E-state index is 12.6. The lowest BCUT2D eigenvalue weighted by Crippen LogP contribution is -2.26. The van der Waals surface area contributed by atoms with Gasteiger partial charge in [0.1, 0.15) is 11.5 Å². The molecule has 0 aliphatic heterocycles. The Hall–Kier alpha value is -3.21. The number of methoxy groups -OCH3 is 2. The molecule has 2 aromatic carbocycles. The minimum Gasteiger partial charge on any atom is -0.497 e. The molecule has 0 unspecified atom stereocenters. The molecule has 0 fully saturated rings. The molecule has 3 aromatic rings. The van der Waals surface area contributed by atoms with Crippen LogP contribution in [0.5, 0.6) is 11.5 Å². The number of hydrogen-bond donors (Lipinski definition) is 1. The molecule has 0 aliphatic rings. The third-order valence-electron chi connectivity index (χ3n) is 4.54. The molecule has 1 amide bonds. The van der Waals surface area contributed by atoms with Crippen LogP contribution in [0.25, 0.3) is 0 Å². The second-order valence-electron chi connectivity index (χ2n) is 6.21. The van der Waals surface area contributed by atoms with Crippen molar-refractivity contribution in [2.45, 2.75) is 19.0 Å². The largest absolute Gasteiger partial charge is 0.497 e. The average molecular weight is 364 g/mol. The molecule has 5 heteroatoms. The molecule has 0 aliphatic carbocycles. The predicted molar refractivity (Wildman–Crippen MR) is 105 cm³/mol. The third kappa shape index (κ3) is 4.70. The summed E-state index contributed by atoms with van der Waals surface area (Å²) in [7, 11) is 3.27. The molecule has 3 rings (SSSR count). The maximum Gasteiger partial charge on any atom is 0.222 e. The van der Waals surface area contributed by atoms with E-state index in [0.717, 1.165) is 22.6 Å². The molecule has 0 saturated carbocycles. The Morgan fingerprint density at radius 1 is 0.963 bits per heavy atom. The van der Waals surface area contributed by atoms with Crippen LogP contribution in [-0.2, 0) is 11.3 Å². The summed E-state index contributed by atoms with van der Waals surface area (Å²) in [6.07, 6.45) is 4.29. The van der Waals surface area contributed by atoms with Crippen molar-refractivity contribution >= 4 is 5.91 Å². The SMILES string of the molecule is COc1ccc([C@H](CC(=O)NCc2ccccc2OC)n2cccc2)cc1. The Bertz CT molecular complexity index is 858. The third-order valence-corrected chi connectivity index (χ3v) is 4.54. The van der Waals surface area contributed by atoms with E-state index in [9.17, 15) is 4.79 Å². The number of aromatic nitrogens is 1. The van der Waals surface area contributed by atoms with Gasteiger partial charge >= 0.3 is 0 Å². The highest BCUT2D eigenvalue weighted by molar-refractivity contribution is 5.77. The summed E-state index contributed by atoms with van der Waals surface area (Å²) in [5.74, 6) is 1.55. The predicted octanol–water partition coefficient (Wildman–Crippen LogP) is 3.80. The van der Waals surface area contributed by atoms with Gasteiger partial charge in [0.15, 0.2) is 0 Å². The van der Waals surface area contributed by atoms with E-state index in [2.05, 4.69) is 5.32 Å². The van der Waals surface area contributed by atoms with Gasteiger partial charge in [0.2, 0.25) is 5.91 Å². The maximum absolute atomic E-state index is 12.6. The number of para-hydroxylation sites is 1. The first kappa shape index (κ1) is 18.6. The van der Waals surface area contributed by atoms with Crippen LogP contribution in [0, 0.1) is 0 Å². The number of hydrogen-bond acceptors (Lipinski definition) is 3. The van der Waals surface area contributed by atoms with Gasteiger partial charge in [-0.15, -0.1) is 0 Å². The molecule has 0 radical (unpaired) electrons. The van der Waals surface area contributed by atoms with Crippen molar-refractivity contribution in [3.05, 3.63) is 84.2 Å². The summed E-state index contributed by atoms with van der Waals surface area (Å²) in [6, 6.07) is 19.4. The van der Waals surface area contributed by atoms with Gasteiger partial charge in [-0.1, -0.05) is 30.3 Å². The Morgan fingerprint density at radius 3 is 2.33 bits per heavy atom. The zero-order valence-electron chi connectivity index (χ0n) is 15.6. The molecule has 140 valence electrons. The van der Waals surface area contributed by atoms with Gasteiger partial charge < -0.3 is 19.4 Å². The standard InChI is InChI=1S/C22H24N2O3/c1-26-19-11-9-17(10-12-19)20(24-13-5-6-14-24)15-22(25)23-16-18-7-3-4-8-21(18)27-2/h3-14,20H,15-16H2,1-2H3,(H,23,25)/t20-/m0/s1. The monoisotopic (exact) mass is 364 g/mol. The first-order chi connectivity index (χ1) is 13.2. The summed E-state index contributed by atoms with van der Waals surface area (Å²) in [4.78, 5) is 12.6. The quantitative estimate of drug-likeness (QED) is 0.661. The van der Waals surface area contributed by atoms with Crippen molar-refractivity contribution in [1.29, 1.82) is 0 Å². The molecule has 0 bridgehead atoms. The number of carbonyl (C=O) groups is 1. The van der Waals surface area contributed by atoms with Gasteiger partial charge in [0.25, 0.3) is 0 Å². The molecule has 1 atom stereocenters. The van der Waals surface area contributed by atoms with Gasteiger partial charge in [0, 0.05) is 24.5 Å². The van der Waals surface area contributed by atoms with E-state index >= 15 is 0 Å². The summed E-state index contributed by atoms with van der Waals surface area (Å²) in [5, 5.41) is 3.00. The molecule has 0 saturated heterocycles.